The molecule has 0 fully saturated rings. The molecule has 0 aliphatic carbocycles. The molecule has 1 aromatic heterocycles. The maximum atomic E-state index is 12.7. The molecular weight excluding hydrogens is 392 g/mol. The summed E-state index contributed by atoms with van der Waals surface area (Å²) in [5.41, 5.74) is 3.16. The van der Waals surface area contributed by atoms with E-state index in [1.165, 1.54) is 0 Å². The number of benzene rings is 2. The van der Waals surface area contributed by atoms with E-state index < -0.39 is 0 Å². The van der Waals surface area contributed by atoms with Crippen LogP contribution in [0.2, 0.25) is 0 Å². The maximum Gasteiger partial charge on any atom is 0.254 e. The van der Waals surface area contributed by atoms with Crippen molar-refractivity contribution in [2.75, 3.05) is 20.7 Å². The highest BCUT2D eigenvalue weighted by Gasteiger charge is 2.16. The molecule has 0 aliphatic heterocycles. The number of ether oxygens (including phenoxy) is 1. The molecule has 0 spiro atoms. The van der Waals surface area contributed by atoms with Crippen LogP contribution in [-0.4, -0.2) is 36.5 Å². The summed E-state index contributed by atoms with van der Waals surface area (Å²) in [5, 5.41) is 0.838. The zero-order chi connectivity index (χ0) is 18.7. The van der Waals surface area contributed by atoms with Gasteiger partial charge in [-0.15, -0.1) is 0 Å². The van der Waals surface area contributed by atoms with Crippen LogP contribution in [0.3, 0.4) is 0 Å². The van der Waals surface area contributed by atoms with Gasteiger partial charge >= 0.3 is 0 Å². The average Bonchev–Trinajstić information content (AvgIpc) is 2.65. The van der Waals surface area contributed by atoms with Crippen molar-refractivity contribution < 1.29 is 9.53 Å². The predicted molar refractivity (Wildman–Crippen MR) is 109 cm³/mol. The van der Waals surface area contributed by atoms with Crippen molar-refractivity contribution >= 4 is 32.7 Å². The lowest BCUT2D eigenvalue weighted by Crippen LogP contribution is -2.22. The molecule has 26 heavy (non-hydrogen) atoms. The lowest BCUT2D eigenvalue weighted by Gasteiger charge is -2.14. The molecule has 1 heterocycles. The van der Waals surface area contributed by atoms with Crippen LogP contribution in [0.1, 0.15) is 23.7 Å². The molecular formula is C21H21BrN2O2. The largest absolute Gasteiger partial charge is 0.494 e. The van der Waals surface area contributed by atoms with E-state index >= 15 is 0 Å². The highest BCUT2D eigenvalue weighted by Crippen LogP contribution is 2.28. The van der Waals surface area contributed by atoms with Crippen LogP contribution < -0.4 is 4.74 Å². The molecule has 0 N–H and O–H groups in total. The summed E-state index contributed by atoms with van der Waals surface area (Å²) in [6.45, 7) is 2.78. The Morgan fingerprint density at radius 3 is 2.50 bits per heavy atom. The molecule has 0 saturated carbocycles. The van der Waals surface area contributed by atoms with Crippen LogP contribution in [0.25, 0.3) is 22.2 Å². The van der Waals surface area contributed by atoms with Crippen LogP contribution in [0.5, 0.6) is 5.75 Å². The third-order valence-electron chi connectivity index (χ3n) is 4.03. The molecule has 0 aliphatic rings. The number of nitrogens with zero attached hydrogens (tertiary/aromatic N) is 2. The summed E-state index contributed by atoms with van der Waals surface area (Å²) >= 11 is 3.48. The summed E-state index contributed by atoms with van der Waals surface area (Å²) in [5.74, 6) is 0.796. The molecule has 0 bridgehead atoms. The smallest absolute Gasteiger partial charge is 0.254 e. The number of rotatable bonds is 5. The molecule has 4 nitrogen and oxygen atoms in total. The number of halogens is 1. The Balaban J connectivity index is 2.09. The third kappa shape index (κ3) is 3.88. The molecule has 0 radical (unpaired) electrons. The van der Waals surface area contributed by atoms with Gasteiger partial charge in [0.2, 0.25) is 0 Å². The molecule has 0 saturated heterocycles. The number of hydrogen-bond acceptors (Lipinski definition) is 3. The van der Waals surface area contributed by atoms with Gasteiger partial charge in [-0.05, 0) is 55.0 Å². The Kier molecular flexibility index (Phi) is 5.57. The minimum atomic E-state index is -0.0420. The summed E-state index contributed by atoms with van der Waals surface area (Å²) in [7, 11) is 3.51. The highest BCUT2D eigenvalue weighted by atomic mass is 79.9. The second-order valence-electron chi connectivity index (χ2n) is 6.29. The van der Waals surface area contributed by atoms with Gasteiger partial charge in [0.25, 0.3) is 5.91 Å². The summed E-state index contributed by atoms with van der Waals surface area (Å²) < 4.78 is 6.56. The zero-order valence-corrected chi connectivity index (χ0v) is 16.7. The van der Waals surface area contributed by atoms with Crippen molar-refractivity contribution in [3.8, 4) is 17.0 Å². The molecule has 134 valence electrons. The number of fused-ring (bicyclic) bond motifs is 1. The van der Waals surface area contributed by atoms with Gasteiger partial charge in [0.1, 0.15) is 5.75 Å². The predicted octanol–water partition coefficient (Wildman–Crippen LogP) is 5.15. The number of aromatic nitrogens is 1. The van der Waals surface area contributed by atoms with Crippen molar-refractivity contribution in [3.05, 3.63) is 58.6 Å². The van der Waals surface area contributed by atoms with E-state index in [1.807, 2.05) is 48.5 Å². The fourth-order valence-corrected chi connectivity index (χ4v) is 3.07. The third-order valence-corrected chi connectivity index (χ3v) is 4.52. The summed E-state index contributed by atoms with van der Waals surface area (Å²) in [4.78, 5) is 19.0. The van der Waals surface area contributed by atoms with E-state index in [4.69, 9.17) is 9.72 Å². The maximum absolute atomic E-state index is 12.7. The minimum Gasteiger partial charge on any atom is -0.494 e. The van der Waals surface area contributed by atoms with Crippen molar-refractivity contribution in [2.24, 2.45) is 0 Å². The topological polar surface area (TPSA) is 42.4 Å². The Hall–Kier alpha value is -2.40. The standard InChI is InChI=1S/C21H21BrN2O2/c1-4-11-26-16-8-5-14(6-9-16)20-13-18(21(25)24(2)3)17-12-15(22)7-10-19(17)23-20/h5-10,12-13H,4,11H2,1-3H3. The van der Waals surface area contributed by atoms with Crippen LogP contribution >= 0.6 is 15.9 Å². The monoisotopic (exact) mass is 412 g/mol. The van der Waals surface area contributed by atoms with Crippen LogP contribution in [0.4, 0.5) is 0 Å². The molecule has 3 aromatic rings. The molecule has 0 unspecified atom stereocenters. The first-order valence-electron chi connectivity index (χ1n) is 8.55. The second kappa shape index (κ2) is 7.87. The molecule has 2 aromatic carbocycles. The van der Waals surface area contributed by atoms with Gasteiger partial charge in [-0.25, -0.2) is 4.98 Å². The first-order valence-corrected chi connectivity index (χ1v) is 9.34. The van der Waals surface area contributed by atoms with E-state index in [0.29, 0.717) is 12.2 Å². The molecule has 5 heteroatoms. The van der Waals surface area contributed by atoms with Gasteiger partial charge in [0, 0.05) is 29.5 Å². The van der Waals surface area contributed by atoms with E-state index in [0.717, 1.165) is 38.8 Å². The van der Waals surface area contributed by atoms with Gasteiger partial charge < -0.3 is 9.64 Å². The fraction of sp³-hybridized carbons (Fsp3) is 0.238. The van der Waals surface area contributed by atoms with Crippen molar-refractivity contribution in [2.45, 2.75) is 13.3 Å². The van der Waals surface area contributed by atoms with Gasteiger partial charge in [-0.3, -0.25) is 4.79 Å². The zero-order valence-electron chi connectivity index (χ0n) is 15.1. The van der Waals surface area contributed by atoms with E-state index in [1.54, 1.807) is 19.0 Å². The Labute approximate surface area is 161 Å². The van der Waals surface area contributed by atoms with E-state index in [9.17, 15) is 4.79 Å². The minimum absolute atomic E-state index is 0.0420. The lowest BCUT2D eigenvalue weighted by atomic mass is 10.0. The normalized spacial score (nSPS) is 10.8. The highest BCUT2D eigenvalue weighted by molar-refractivity contribution is 9.10. The number of carbonyl (C=O) groups is 1. The van der Waals surface area contributed by atoms with Gasteiger partial charge in [-0.2, -0.15) is 0 Å². The van der Waals surface area contributed by atoms with Gasteiger partial charge in [0.15, 0.2) is 0 Å². The molecule has 0 atom stereocenters. The SMILES string of the molecule is CCCOc1ccc(-c2cc(C(=O)N(C)C)c3cc(Br)ccc3n2)cc1. The van der Waals surface area contributed by atoms with E-state index in [-0.39, 0.29) is 5.91 Å². The quantitative estimate of drug-likeness (QED) is 0.581. The van der Waals surface area contributed by atoms with Crippen LogP contribution in [-0.2, 0) is 0 Å². The fourth-order valence-electron chi connectivity index (χ4n) is 2.71. The molecule has 3 rings (SSSR count). The number of amides is 1. The Morgan fingerprint density at radius 1 is 1.12 bits per heavy atom. The lowest BCUT2D eigenvalue weighted by molar-refractivity contribution is 0.0829. The van der Waals surface area contributed by atoms with Crippen LogP contribution in [0, 0.1) is 0 Å². The Morgan fingerprint density at radius 2 is 1.85 bits per heavy atom. The van der Waals surface area contributed by atoms with Crippen molar-refractivity contribution in [1.29, 1.82) is 0 Å². The second-order valence-corrected chi connectivity index (χ2v) is 7.20. The molecule has 1 amide bonds. The average molecular weight is 413 g/mol. The summed E-state index contributed by atoms with van der Waals surface area (Å²) in [6.07, 6.45) is 0.972. The number of carbonyl (C=O) groups excluding carboxylic acids is 1. The van der Waals surface area contributed by atoms with Gasteiger partial charge in [-0.1, -0.05) is 22.9 Å². The Bertz CT molecular complexity index is 937. The first kappa shape index (κ1) is 18.4. The van der Waals surface area contributed by atoms with Crippen LogP contribution in [0.15, 0.2) is 53.0 Å². The van der Waals surface area contributed by atoms with Crippen molar-refractivity contribution in [3.63, 3.8) is 0 Å². The number of pyridine rings is 1. The number of hydrogen-bond donors (Lipinski definition) is 0. The van der Waals surface area contributed by atoms with Crippen molar-refractivity contribution in [1.82, 2.24) is 9.88 Å². The van der Waals surface area contributed by atoms with Gasteiger partial charge in [0.05, 0.1) is 23.4 Å². The summed E-state index contributed by atoms with van der Waals surface area (Å²) in [6, 6.07) is 15.5. The first-order chi connectivity index (χ1) is 12.5. The van der Waals surface area contributed by atoms with E-state index in [2.05, 4.69) is 22.9 Å².